The van der Waals surface area contributed by atoms with Crippen molar-refractivity contribution in [1.29, 1.82) is 0 Å². The molecule has 0 radical (unpaired) electrons. The number of benzene rings is 2. The molecule has 0 atom stereocenters. The number of carbonyl (C=O) groups is 2. The first-order valence-electron chi connectivity index (χ1n) is 10.5. The average molecular weight is 411 g/mol. The van der Waals surface area contributed by atoms with Gasteiger partial charge in [-0.25, -0.2) is 0 Å². The van der Waals surface area contributed by atoms with Gasteiger partial charge in [0.25, 0.3) is 0 Å². The summed E-state index contributed by atoms with van der Waals surface area (Å²) in [5, 5.41) is 3.10. The van der Waals surface area contributed by atoms with Gasteiger partial charge in [0, 0.05) is 25.6 Å². The van der Waals surface area contributed by atoms with Crippen molar-refractivity contribution in [2.45, 2.75) is 38.1 Å². The first-order chi connectivity index (χ1) is 14.6. The van der Waals surface area contributed by atoms with E-state index in [2.05, 4.69) is 5.32 Å². The van der Waals surface area contributed by atoms with Crippen LogP contribution >= 0.6 is 0 Å². The first-order valence-corrected chi connectivity index (χ1v) is 10.5. The number of hydrogen-bond acceptors (Lipinski definition) is 4. The van der Waals surface area contributed by atoms with Crippen LogP contribution < -0.4 is 14.8 Å². The number of carbonyl (C=O) groups excluding carboxylic acids is 2. The van der Waals surface area contributed by atoms with Crippen molar-refractivity contribution < 1.29 is 19.1 Å². The fourth-order valence-electron chi connectivity index (χ4n) is 3.57. The van der Waals surface area contributed by atoms with E-state index in [9.17, 15) is 9.59 Å². The van der Waals surface area contributed by atoms with Gasteiger partial charge in [-0.05, 0) is 49.1 Å². The fourth-order valence-corrected chi connectivity index (χ4v) is 3.57. The third kappa shape index (κ3) is 6.79. The number of amides is 2. The Morgan fingerprint density at radius 3 is 2.37 bits per heavy atom. The Hall–Kier alpha value is -3.02. The van der Waals surface area contributed by atoms with Crippen LogP contribution in [0.25, 0.3) is 0 Å². The Labute approximate surface area is 178 Å². The Balaban J connectivity index is 1.31. The summed E-state index contributed by atoms with van der Waals surface area (Å²) in [6.45, 7) is 1.91. The Kier molecular flexibility index (Phi) is 8.12. The molecule has 1 heterocycles. The highest BCUT2D eigenvalue weighted by atomic mass is 16.5. The molecule has 0 aliphatic carbocycles. The SMILES string of the molecule is COc1ccc(CC(=O)NC2CCN(C(=O)CCCOc3ccccc3)CC2)cc1. The van der Waals surface area contributed by atoms with Gasteiger partial charge >= 0.3 is 0 Å². The zero-order chi connectivity index (χ0) is 21.2. The van der Waals surface area contributed by atoms with Gasteiger partial charge in [-0.3, -0.25) is 9.59 Å². The summed E-state index contributed by atoms with van der Waals surface area (Å²) in [6.07, 6.45) is 3.12. The summed E-state index contributed by atoms with van der Waals surface area (Å²) >= 11 is 0. The molecule has 6 heteroatoms. The maximum Gasteiger partial charge on any atom is 0.224 e. The van der Waals surface area contributed by atoms with Gasteiger partial charge in [0.2, 0.25) is 11.8 Å². The van der Waals surface area contributed by atoms with E-state index >= 15 is 0 Å². The molecule has 2 aromatic rings. The van der Waals surface area contributed by atoms with Gasteiger partial charge < -0.3 is 19.7 Å². The summed E-state index contributed by atoms with van der Waals surface area (Å²) in [5.41, 5.74) is 0.957. The molecule has 6 nitrogen and oxygen atoms in total. The van der Waals surface area contributed by atoms with Crippen molar-refractivity contribution in [3.63, 3.8) is 0 Å². The van der Waals surface area contributed by atoms with E-state index in [0.29, 0.717) is 39.0 Å². The van der Waals surface area contributed by atoms with E-state index in [1.54, 1.807) is 7.11 Å². The molecule has 3 rings (SSSR count). The van der Waals surface area contributed by atoms with Crippen LogP contribution in [0.5, 0.6) is 11.5 Å². The van der Waals surface area contributed by atoms with Crippen molar-refractivity contribution in [2.75, 3.05) is 26.8 Å². The van der Waals surface area contributed by atoms with E-state index < -0.39 is 0 Å². The highest BCUT2D eigenvalue weighted by Crippen LogP contribution is 2.15. The minimum absolute atomic E-state index is 0.0167. The highest BCUT2D eigenvalue weighted by molar-refractivity contribution is 5.79. The van der Waals surface area contributed by atoms with E-state index in [0.717, 1.165) is 29.9 Å². The number of methoxy groups -OCH3 is 1. The third-order valence-electron chi connectivity index (χ3n) is 5.28. The van der Waals surface area contributed by atoms with Crippen molar-refractivity contribution in [2.24, 2.45) is 0 Å². The second-order valence-electron chi connectivity index (χ2n) is 7.51. The lowest BCUT2D eigenvalue weighted by Gasteiger charge is -2.32. The predicted molar refractivity (Wildman–Crippen MR) is 116 cm³/mol. The molecule has 1 aliphatic rings. The average Bonchev–Trinajstić information content (AvgIpc) is 2.78. The molecule has 2 amide bonds. The second kappa shape index (κ2) is 11.2. The van der Waals surface area contributed by atoms with Gasteiger partial charge in [0.1, 0.15) is 11.5 Å². The van der Waals surface area contributed by atoms with E-state index in [4.69, 9.17) is 9.47 Å². The zero-order valence-corrected chi connectivity index (χ0v) is 17.5. The number of hydrogen-bond donors (Lipinski definition) is 1. The van der Waals surface area contributed by atoms with Gasteiger partial charge in [0.15, 0.2) is 0 Å². The maximum atomic E-state index is 12.4. The largest absolute Gasteiger partial charge is 0.497 e. The number of para-hydroxylation sites is 1. The molecule has 30 heavy (non-hydrogen) atoms. The summed E-state index contributed by atoms with van der Waals surface area (Å²) in [7, 11) is 1.62. The molecule has 0 saturated carbocycles. The number of ether oxygens (including phenoxy) is 2. The standard InChI is InChI=1S/C24H30N2O4/c1-29-21-11-9-19(10-12-21)18-23(27)25-20-13-15-26(16-14-20)24(28)8-5-17-30-22-6-3-2-4-7-22/h2-4,6-7,9-12,20H,5,8,13-18H2,1H3,(H,25,27). The van der Waals surface area contributed by atoms with Gasteiger partial charge in [-0.1, -0.05) is 30.3 Å². The molecular weight excluding hydrogens is 380 g/mol. The number of nitrogens with zero attached hydrogens (tertiary/aromatic N) is 1. The molecular formula is C24H30N2O4. The molecule has 1 N–H and O–H groups in total. The third-order valence-corrected chi connectivity index (χ3v) is 5.28. The van der Waals surface area contributed by atoms with E-state index in [-0.39, 0.29) is 17.9 Å². The van der Waals surface area contributed by atoms with E-state index in [1.165, 1.54) is 0 Å². The molecule has 160 valence electrons. The lowest BCUT2D eigenvalue weighted by Crippen LogP contribution is -2.46. The minimum Gasteiger partial charge on any atom is -0.497 e. The summed E-state index contributed by atoms with van der Waals surface area (Å²) in [4.78, 5) is 26.6. The van der Waals surface area contributed by atoms with Crippen LogP contribution in [0.4, 0.5) is 0 Å². The Bertz CT molecular complexity index is 800. The molecule has 0 spiro atoms. The van der Waals surface area contributed by atoms with Gasteiger partial charge in [0.05, 0.1) is 20.1 Å². The monoisotopic (exact) mass is 410 g/mol. The van der Waals surface area contributed by atoms with Gasteiger partial charge in [-0.2, -0.15) is 0 Å². The number of piperidine rings is 1. The first kappa shape index (κ1) is 21.7. The molecule has 2 aromatic carbocycles. The lowest BCUT2D eigenvalue weighted by molar-refractivity contribution is -0.132. The minimum atomic E-state index is 0.0167. The Morgan fingerprint density at radius 2 is 1.70 bits per heavy atom. The maximum absolute atomic E-state index is 12.4. The van der Waals surface area contributed by atoms with Crippen LogP contribution in [0.3, 0.4) is 0 Å². The summed E-state index contributed by atoms with van der Waals surface area (Å²) < 4.78 is 10.8. The quantitative estimate of drug-likeness (QED) is 0.645. The van der Waals surface area contributed by atoms with Crippen LogP contribution in [0.15, 0.2) is 54.6 Å². The normalized spacial score (nSPS) is 14.2. The smallest absolute Gasteiger partial charge is 0.224 e. The predicted octanol–water partition coefficient (Wildman–Crippen LogP) is 3.20. The molecule has 0 bridgehead atoms. The molecule has 1 aliphatic heterocycles. The topological polar surface area (TPSA) is 67.9 Å². The van der Waals surface area contributed by atoms with Crippen molar-refractivity contribution in [3.05, 3.63) is 60.2 Å². The summed E-state index contributed by atoms with van der Waals surface area (Å²) in [5.74, 6) is 1.79. The van der Waals surface area contributed by atoms with Crippen LogP contribution in [0.1, 0.15) is 31.2 Å². The van der Waals surface area contributed by atoms with Crippen LogP contribution in [-0.2, 0) is 16.0 Å². The molecule has 0 unspecified atom stereocenters. The fraction of sp³-hybridized carbons (Fsp3) is 0.417. The highest BCUT2D eigenvalue weighted by Gasteiger charge is 2.23. The van der Waals surface area contributed by atoms with E-state index in [1.807, 2.05) is 59.5 Å². The van der Waals surface area contributed by atoms with Crippen LogP contribution in [-0.4, -0.2) is 49.6 Å². The Morgan fingerprint density at radius 1 is 1.00 bits per heavy atom. The second-order valence-corrected chi connectivity index (χ2v) is 7.51. The van der Waals surface area contributed by atoms with Gasteiger partial charge in [-0.15, -0.1) is 0 Å². The van der Waals surface area contributed by atoms with Crippen molar-refractivity contribution in [3.8, 4) is 11.5 Å². The molecule has 1 saturated heterocycles. The zero-order valence-electron chi connectivity index (χ0n) is 17.5. The summed E-state index contributed by atoms with van der Waals surface area (Å²) in [6, 6.07) is 17.3. The number of nitrogens with one attached hydrogen (secondary N) is 1. The lowest BCUT2D eigenvalue weighted by atomic mass is 10.0. The molecule has 1 fully saturated rings. The molecule has 0 aromatic heterocycles. The number of rotatable bonds is 9. The van der Waals surface area contributed by atoms with Crippen molar-refractivity contribution in [1.82, 2.24) is 10.2 Å². The number of likely N-dealkylation sites (tertiary alicyclic amines) is 1. The van der Waals surface area contributed by atoms with Crippen LogP contribution in [0.2, 0.25) is 0 Å². The van der Waals surface area contributed by atoms with Crippen LogP contribution in [0, 0.1) is 0 Å². The van der Waals surface area contributed by atoms with Crippen molar-refractivity contribution >= 4 is 11.8 Å².